The van der Waals surface area contributed by atoms with Crippen molar-refractivity contribution >= 4 is 0 Å². The summed E-state index contributed by atoms with van der Waals surface area (Å²) in [5.41, 5.74) is 0.923. The number of aromatic amines is 1. The maximum absolute atomic E-state index is 12.1. The Hall–Kier alpha value is -3.11. The topological polar surface area (TPSA) is 129 Å². The average molecular weight is 317 g/mol. The number of H-pyrrole nitrogens is 1. The zero-order chi connectivity index (χ0) is 16.7. The summed E-state index contributed by atoms with van der Waals surface area (Å²) in [6.07, 6.45) is 3.46. The first kappa shape index (κ1) is 12.4. The fourth-order valence-electron chi connectivity index (χ4n) is 2.23. The number of nitrogens with one attached hydrogen (secondary N) is 1. The van der Waals surface area contributed by atoms with Crippen molar-refractivity contribution in [2.75, 3.05) is 0 Å². The van der Waals surface area contributed by atoms with Crippen molar-refractivity contribution in [3.8, 4) is 11.7 Å². The van der Waals surface area contributed by atoms with Crippen LogP contribution in [0.5, 0.6) is 5.88 Å². The summed E-state index contributed by atoms with van der Waals surface area (Å²) in [6, 6.07) is 1.57. The molecule has 23 heavy (non-hydrogen) atoms. The quantitative estimate of drug-likeness (QED) is 0.656. The minimum Gasteiger partial charge on any atom is -0.472 e. The highest BCUT2D eigenvalue weighted by Crippen LogP contribution is 2.41. The maximum atomic E-state index is 12.1. The van der Waals surface area contributed by atoms with Gasteiger partial charge in [-0.15, -0.1) is 20.0 Å². The summed E-state index contributed by atoms with van der Waals surface area (Å²) in [6.45, 7) is 0.0870. The summed E-state index contributed by atoms with van der Waals surface area (Å²) >= 11 is 0. The van der Waals surface area contributed by atoms with E-state index < -0.39 is 5.69 Å². The second kappa shape index (κ2) is 5.26. The van der Waals surface area contributed by atoms with Gasteiger partial charge in [-0.05, 0) is 28.5 Å². The molecule has 1 N–H and O–H groups in total. The molecular weight excluding hydrogens is 302 g/mol. The second-order valence-corrected chi connectivity index (χ2v) is 5.21. The van der Waals surface area contributed by atoms with Crippen molar-refractivity contribution in [2.45, 2.75) is 25.4 Å². The molecule has 1 aliphatic carbocycles. The smallest absolute Gasteiger partial charge is 0.369 e. The molecule has 1 fully saturated rings. The third kappa shape index (κ3) is 2.45. The van der Waals surface area contributed by atoms with Crippen LogP contribution in [0.4, 0.5) is 0 Å². The van der Waals surface area contributed by atoms with E-state index in [1.807, 2.05) is 0 Å². The van der Waals surface area contributed by atoms with Crippen LogP contribution in [0.3, 0.4) is 0 Å². The van der Waals surface area contributed by atoms with Gasteiger partial charge in [-0.2, -0.15) is 4.68 Å². The Balaban J connectivity index is 1.74. The summed E-state index contributed by atoms with van der Waals surface area (Å²) in [5.74, 6) is 0.815. The van der Waals surface area contributed by atoms with E-state index in [4.69, 9.17) is 6.15 Å². The Morgan fingerprint density at radius 1 is 1.43 bits per heavy atom. The van der Waals surface area contributed by atoms with Crippen LogP contribution in [0.2, 0.25) is 1.41 Å². The summed E-state index contributed by atoms with van der Waals surface area (Å²) < 4.78 is 15.1. The van der Waals surface area contributed by atoms with Gasteiger partial charge in [-0.25, -0.2) is 4.79 Å². The molecule has 0 aromatic carbocycles. The zero-order valence-corrected chi connectivity index (χ0v) is 12.2. The lowest BCUT2D eigenvalue weighted by Crippen LogP contribution is -2.25. The minimum absolute atomic E-state index is 0.0870. The van der Waals surface area contributed by atoms with Crippen LogP contribution >= 0.6 is 0 Å². The molecule has 3 aromatic rings. The lowest BCUT2D eigenvalue weighted by molar-refractivity contribution is 0.289. The first-order valence-electron chi connectivity index (χ1n) is 7.47. The molecule has 0 atom stereocenters. The molecule has 4 rings (SSSR count). The Labute approximate surface area is 130 Å². The largest absolute Gasteiger partial charge is 0.472 e. The predicted molar refractivity (Wildman–Crippen MR) is 74.9 cm³/mol. The standard InChI is InChI=1S/C12H13N9O2/c1-20-12(22)21(19-18-20)11-8(6-23-9-4-5-13-14-9)10(7-2-3-7)15-17-16-11/h4-5,7H,2-3,6H2,1H3,(H,13,14)/i/hT. The molecule has 0 radical (unpaired) electrons. The van der Waals surface area contributed by atoms with E-state index in [-0.39, 0.29) is 18.3 Å². The van der Waals surface area contributed by atoms with Crippen molar-refractivity contribution in [3.05, 3.63) is 34.0 Å². The molecule has 0 saturated heterocycles. The van der Waals surface area contributed by atoms with Crippen molar-refractivity contribution in [2.24, 2.45) is 7.05 Å². The third-order valence-corrected chi connectivity index (χ3v) is 3.56. The van der Waals surface area contributed by atoms with E-state index >= 15 is 0 Å². The lowest BCUT2D eigenvalue weighted by Gasteiger charge is -2.10. The van der Waals surface area contributed by atoms with Crippen LogP contribution in [-0.2, 0) is 13.7 Å². The van der Waals surface area contributed by atoms with Crippen LogP contribution in [0.25, 0.3) is 5.82 Å². The maximum Gasteiger partial charge on any atom is 0.369 e. The Bertz CT molecular complexity index is 942. The molecular formula is C12H13N9O2. The first-order chi connectivity index (χ1) is 11.6. The van der Waals surface area contributed by atoms with Crippen molar-refractivity contribution < 1.29 is 6.15 Å². The summed E-state index contributed by atoms with van der Waals surface area (Å²) in [5, 5.41) is 24.1. The van der Waals surface area contributed by atoms with Gasteiger partial charge in [0.1, 0.15) is 6.61 Å². The molecule has 0 bridgehead atoms. The van der Waals surface area contributed by atoms with Crippen LogP contribution < -0.4 is 10.4 Å². The molecule has 118 valence electrons. The Morgan fingerprint density at radius 2 is 2.30 bits per heavy atom. The number of hydrogen-bond donors (Lipinski definition) is 1. The lowest BCUT2D eigenvalue weighted by atomic mass is 10.1. The highest BCUT2D eigenvalue weighted by molar-refractivity contribution is 5.37. The van der Waals surface area contributed by atoms with Gasteiger partial charge in [0.2, 0.25) is 5.88 Å². The molecule has 0 unspecified atom stereocenters. The number of tetrazole rings is 1. The predicted octanol–water partition coefficient (Wildman–Crippen LogP) is -0.669. The Morgan fingerprint density at radius 3 is 2.96 bits per heavy atom. The molecule has 0 spiro atoms. The van der Waals surface area contributed by atoms with Crippen LogP contribution in [0, 0.1) is 0 Å². The highest BCUT2D eigenvalue weighted by Gasteiger charge is 2.31. The first-order valence-corrected chi connectivity index (χ1v) is 7.02. The van der Waals surface area contributed by atoms with Crippen molar-refractivity contribution in [3.63, 3.8) is 0 Å². The molecule has 3 heterocycles. The van der Waals surface area contributed by atoms with Gasteiger partial charge in [0.25, 0.3) is 0 Å². The molecule has 1 aliphatic rings. The number of aromatic nitrogens is 9. The normalized spacial score (nSPS) is 14.7. The molecule has 1 saturated carbocycles. The summed E-state index contributed by atoms with van der Waals surface area (Å²) in [7, 11) is 1.50. The number of ether oxygens (including phenoxy) is 1. The molecule has 0 aliphatic heterocycles. The van der Waals surface area contributed by atoms with E-state index in [2.05, 4.69) is 30.9 Å². The number of aryl methyl sites for hydroxylation is 1. The van der Waals surface area contributed by atoms with E-state index in [1.54, 1.807) is 6.07 Å². The average Bonchev–Trinajstić information content (AvgIpc) is 3.27. The summed E-state index contributed by atoms with van der Waals surface area (Å²) in [4.78, 5) is 12.1. The van der Waals surface area contributed by atoms with Gasteiger partial charge in [-0.1, -0.05) is 0 Å². The number of rotatable bonds is 5. The number of hydrogen-bond acceptors (Lipinski definition) is 8. The van der Waals surface area contributed by atoms with E-state index in [1.165, 1.54) is 13.2 Å². The van der Waals surface area contributed by atoms with Gasteiger partial charge in [0.05, 0.1) is 11.3 Å². The van der Waals surface area contributed by atoms with Gasteiger partial charge in [-0.3, -0.25) is 5.09 Å². The zero-order valence-electron chi connectivity index (χ0n) is 13.2. The van der Waals surface area contributed by atoms with Crippen LogP contribution in [-0.4, -0.2) is 45.4 Å². The Kier molecular flexibility index (Phi) is 2.85. The van der Waals surface area contributed by atoms with Crippen LogP contribution in [0.1, 0.15) is 30.0 Å². The SMILES string of the molecule is [3H]n1ccc(OCc2c(C3CC3)nnnc2-n2nnn(C)c2=O)n1. The van der Waals surface area contributed by atoms with Crippen molar-refractivity contribution in [1.29, 1.82) is 0 Å². The molecule has 11 heteroatoms. The van der Waals surface area contributed by atoms with E-state index in [0.29, 0.717) is 11.4 Å². The van der Waals surface area contributed by atoms with Crippen LogP contribution in [0.15, 0.2) is 17.1 Å². The van der Waals surface area contributed by atoms with Gasteiger partial charge < -0.3 is 4.74 Å². The van der Waals surface area contributed by atoms with E-state index in [9.17, 15) is 4.79 Å². The van der Waals surface area contributed by atoms with Gasteiger partial charge in [0, 0.05) is 25.2 Å². The van der Waals surface area contributed by atoms with Crippen molar-refractivity contribution in [1.82, 2.24) is 45.4 Å². The third-order valence-electron chi connectivity index (χ3n) is 3.56. The molecule has 3 aromatic heterocycles. The fraction of sp³-hybridized carbons (Fsp3) is 0.417. The fourth-order valence-corrected chi connectivity index (χ4v) is 2.23. The second-order valence-electron chi connectivity index (χ2n) is 5.21. The molecule has 11 nitrogen and oxygen atoms in total. The minimum atomic E-state index is -0.436. The molecule has 0 amide bonds. The van der Waals surface area contributed by atoms with Gasteiger partial charge in [0.15, 0.2) is 7.23 Å². The number of nitrogens with zero attached hydrogens (tertiary/aromatic N) is 8. The monoisotopic (exact) mass is 317 g/mol. The highest BCUT2D eigenvalue weighted by atomic mass is 16.5. The van der Waals surface area contributed by atoms with E-state index in [0.717, 1.165) is 33.0 Å². The van der Waals surface area contributed by atoms with Gasteiger partial charge >= 0.3 is 5.69 Å².